The van der Waals surface area contributed by atoms with Crippen LogP contribution in [0.1, 0.15) is 11.3 Å². The van der Waals surface area contributed by atoms with Crippen molar-refractivity contribution < 1.29 is 0 Å². The quantitative estimate of drug-likeness (QED) is 0.524. The molecule has 0 N–H and O–H groups in total. The van der Waals surface area contributed by atoms with Gasteiger partial charge in [-0.3, -0.25) is 0 Å². The van der Waals surface area contributed by atoms with Crippen LogP contribution >= 0.6 is 15.9 Å². The molecule has 1 heterocycles. The molecule has 0 aliphatic heterocycles. The molecule has 0 saturated heterocycles. The van der Waals surface area contributed by atoms with E-state index in [0.29, 0.717) is 0 Å². The molecule has 2 aromatic carbocycles. The predicted octanol–water partition coefficient (Wildman–Crippen LogP) is 5.90. The van der Waals surface area contributed by atoms with Gasteiger partial charge in [-0.2, -0.15) is 0 Å². The van der Waals surface area contributed by atoms with Gasteiger partial charge in [0, 0.05) is 21.2 Å². The number of hydrogen-bond donors (Lipinski definition) is 0. The lowest BCUT2D eigenvalue weighted by Gasteiger charge is -2.09. The number of allylic oxidation sites excluding steroid dienone is 2. The molecular formula is C19H16BrN. The van der Waals surface area contributed by atoms with Gasteiger partial charge < -0.3 is 4.57 Å². The molecule has 0 aliphatic carbocycles. The molecule has 3 rings (SSSR count). The van der Waals surface area contributed by atoms with Gasteiger partial charge in [-0.15, -0.1) is 0 Å². The van der Waals surface area contributed by atoms with E-state index in [2.05, 4.69) is 82.5 Å². The van der Waals surface area contributed by atoms with E-state index in [1.54, 1.807) is 0 Å². The second kappa shape index (κ2) is 5.74. The summed E-state index contributed by atoms with van der Waals surface area (Å²) in [5.41, 5.74) is 4.84. The van der Waals surface area contributed by atoms with Crippen molar-refractivity contribution in [3.63, 3.8) is 0 Å². The Bertz CT molecular complexity index is 840. The average Bonchev–Trinajstić information content (AvgIpc) is 2.78. The van der Waals surface area contributed by atoms with E-state index in [9.17, 15) is 0 Å². The summed E-state index contributed by atoms with van der Waals surface area (Å²) in [6, 6.07) is 16.9. The zero-order valence-corrected chi connectivity index (χ0v) is 13.5. The van der Waals surface area contributed by atoms with Crippen LogP contribution in [0.4, 0.5) is 0 Å². The third-order valence-electron chi connectivity index (χ3n) is 3.63. The highest BCUT2D eigenvalue weighted by Crippen LogP contribution is 2.30. The zero-order chi connectivity index (χ0) is 14.8. The third-order valence-corrected chi connectivity index (χ3v) is 4.12. The van der Waals surface area contributed by atoms with Crippen molar-refractivity contribution >= 4 is 32.9 Å². The summed E-state index contributed by atoms with van der Waals surface area (Å²) >= 11 is 3.56. The minimum absolute atomic E-state index is 1.08. The Labute approximate surface area is 133 Å². The molecule has 104 valence electrons. The lowest BCUT2D eigenvalue weighted by Crippen LogP contribution is -1.96. The van der Waals surface area contributed by atoms with Crippen molar-refractivity contribution in [1.29, 1.82) is 0 Å². The predicted molar refractivity (Wildman–Crippen MR) is 94.9 cm³/mol. The molecule has 3 aromatic rings. The van der Waals surface area contributed by atoms with E-state index in [0.717, 1.165) is 10.2 Å². The largest absolute Gasteiger partial charge is 0.310 e. The first-order valence-electron chi connectivity index (χ1n) is 6.87. The lowest BCUT2D eigenvalue weighted by atomic mass is 10.1. The van der Waals surface area contributed by atoms with Gasteiger partial charge in [-0.1, -0.05) is 58.9 Å². The Morgan fingerprint density at radius 3 is 2.67 bits per heavy atom. The Kier molecular flexibility index (Phi) is 3.80. The monoisotopic (exact) mass is 337 g/mol. The first-order valence-corrected chi connectivity index (χ1v) is 7.67. The van der Waals surface area contributed by atoms with Crippen LogP contribution < -0.4 is 0 Å². The van der Waals surface area contributed by atoms with Gasteiger partial charge in [-0.25, -0.2) is 0 Å². The Morgan fingerprint density at radius 2 is 1.90 bits per heavy atom. The normalized spacial score (nSPS) is 11.3. The number of nitrogens with zero attached hydrogens (tertiary/aromatic N) is 1. The molecule has 0 radical (unpaired) electrons. The van der Waals surface area contributed by atoms with Gasteiger partial charge in [0.05, 0.1) is 5.52 Å². The molecule has 0 atom stereocenters. The highest BCUT2D eigenvalue weighted by molar-refractivity contribution is 9.10. The maximum atomic E-state index is 3.77. The number of para-hydroxylation sites is 1. The summed E-state index contributed by atoms with van der Waals surface area (Å²) in [6.07, 6.45) is 5.90. The summed E-state index contributed by atoms with van der Waals surface area (Å²) < 4.78 is 3.36. The van der Waals surface area contributed by atoms with Gasteiger partial charge >= 0.3 is 0 Å². The standard InChI is InChI=1S/C19H16BrN/c1-3-4-11-18-14(2)17-10-5-6-12-19(17)21(18)16-9-7-8-15(20)13-16/h3-13H,1H2,2H3/b11-4-. The van der Waals surface area contributed by atoms with E-state index in [4.69, 9.17) is 0 Å². The summed E-state index contributed by atoms with van der Waals surface area (Å²) in [4.78, 5) is 0. The molecule has 0 amide bonds. The molecule has 2 heteroatoms. The molecule has 0 aliphatic rings. The van der Waals surface area contributed by atoms with Crippen molar-refractivity contribution in [2.45, 2.75) is 6.92 Å². The minimum atomic E-state index is 1.08. The molecule has 0 saturated carbocycles. The van der Waals surface area contributed by atoms with Gasteiger partial charge in [0.2, 0.25) is 0 Å². The number of halogens is 1. The van der Waals surface area contributed by atoms with Crippen LogP contribution in [-0.2, 0) is 0 Å². The van der Waals surface area contributed by atoms with Crippen LogP contribution in [-0.4, -0.2) is 4.57 Å². The molecule has 1 nitrogen and oxygen atoms in total. The molecule has 0 fully saturated rings. The Balaban J connectivity index is 2.38. The summed E-state index contributed by atoms with van der Waals surface area (Å²) in [5, 5.41) is 1.28. The van der Waals surface area contributed by atoms with Gasteiger partial charge in [-0.05, 0) is 42.8 Å². The number of fused-ring (bicyclic) bond motifs is 1. The minimum Gasteiger partial charge on any atom is -0.310 e. The van der Waals surface area contributed by atoms with Crippen LogP contribution in [0.15, 0.2) is 71.7 Å². The molecule has 0 unspecified atom stereocenters. The average molecular weight is 338 g/mol. The molecule has 21 heavy (non-hydrogen) atoms. The fraction of sp³-hybridized carbons (Fsp3) is 0.0526. The van der Waals surface area contributed by atoms with Crippen molar-refractivity contribution in [1.82, 2.24) is 4.57 Å². The van der Waals surface area contributed by atoms with Crippen molar-refractivity contribution in [3.05, 3.63) is 83.0 Å². The fourth-order valence-corrected chi connectivity index (χ4v) is 3.06. The maximum absolute atomic E-state index is 3.77. The SMILES string of the molecule is C=C/C=C\c1c(C)c2ccccc2n1-c1cccc(Br)c1. The van der Waals surface area contributed by atoms with E-state index >= 15 is 0 Å². The number of aromatic nitrogens is 1. The zero-order valence-electron chi connectivity index (χ0n) is 11.9. The highest BCUT2D eigenvalue weighted by Gasteiger charge is 2.13. The Hall–Kier alpha value is -2.06. The van der Waals surface area contributed by atoms with Crippen LogP contribution in [0.25, 0.3) is 22.7 Å². The first kappa shape index (κ1) is 13.9. The third kappa shape index (κ3) is 2.47. The number of rotatable bonds is 3. The number of benzene rings is 2. The molecule has 0 bridgehead atoms. The van der Waals surface area contributed by atoms with E-state index in [1.165, 1.54) is 22.2 Å². The highest BCUT2D eigenvalue weighted by atomic mass is 79.9. The van der Waals surface area contributed by atoms with E-state index in [-0.39, 0.29) is 0 Å². The van der Waals surface area contributed by atoms with Crippen LogP contribution in [0.5, 0.6) is 0 Å². The summed E-state index contributed by atoms with van der Waals surface area (Å²) in [5.74, 6) is 0. The topological polar surface area (TPSA) is 4.93 Å². The van der Waals surface area contributed by atoms with Gasteiger partial charge in [0.25, 0.3) is 0 Å². The maximum Gasteiger partial charge on any atom is 0.0537 e. The van der Waals surface area contributed by atoms with Crippen molar-refractivity contribution in [3.8, 4) is 5.69 Å². The number of aryl methyl sites for hydroxylation is 1. The van der Waals surface area contributed by atoms with Crippen LogP contribution in [0.3, 0.4) is 0 Å². The lowest BCUT2D eigenvalue weighted by molar-refractivity contribution is 1.09. The van der Waals surface area contributed by atoms with E-state index in [1.807, 2.05) is 18.2 Å². The molecule has 0 spiro atoms. The molecular weight excluding hydrogens is 322 g/mol. The smallest absolute Gasteiger partial charge is 0.0537 e. The summed E-state index contributed by atoms with van der Waals surface area (Å²) in [7, 11) is 0. The Morgan fingerprint density at radius 1 is 1.10 bits per heavy atom. The van der Waals surface area contributed by atoms with Crippen molar-refractivity contribution in [2.24, 2.45) is 0 Å². The second-order valence-electron chi connectivity index (χ2n) is 4.94. The van der Waals surface area contributed by atoms with Gasteiger partial charge in [0.1, 0.15) is 0 Å². The van der Waals surface area contributed by atoms with Crippen LogP contribution in [0, 0.1) is 6.92 Å². The summed E-state index contributed by atoms with van der Waals surface area (Å²) in [6.45, 7) is 5.94. The van der Waals surface area contributed by atoms with Gasteiger partial charge in [0.15, 0.2) is 0 Å². The fourth-order valence-electron chi connectivity index (χ4n) is 2.67. The first-order chi connectivity index (χ1) is 10.2. The van der Waals surface area contributed by atoms with Crippen LogP contribution in [0.2, 0.25) is 0 Å². The number of hydrogen-bond acceptors (Lipinski definition) is 0. The molecule has 1 aromatic heterocycles. The van der Waals surface area contributed by atoms with E-state index < -0.39 is 0 Å². The second-order valence-corrected chi connectivity index (χ2v) is 5.85. The van der Waals surface area contributed by atoms with Crippen molar-refractivity contribution in [2.75, 3.05) is 0 Å².